The number of hydrogen-bond donors (Lipinski definition) is 2. The zero-order chi connectivity index (χ0) is 14.8. The van der Waals surface area contributed by atoms with Gasteiger partial charge in [0.25, 0.3) is 5.56 Å². The van der Waals surface area contributed by atoms with Gasteiger partial charge in [0.1, 0.15) is 5.69 Å². The second-order valence-corrected chi connectivity index (χ2v) is 4.43. The molecule has 0 spiro atoms. The highest BCUT2D eigenvalue weighted by Gasteiger charge is 2.13. The molecule has 0 aliphatic rings. The van der Waals surface area contributed by atoms with E-state index in [0.29, 0.717) is 12.1 Å². The second-order valence-electron chi connectivity index (χ2n) is 4.43. The average Bonchev–Trinajstić information content (AvgIpc) is 2.97. The van der Waals surface area contributed by atoms with Gasteiger partial charge < -0.3 is 10.1 Å². The molecule has 0 saturated carbocycles. The molecule has 106 valence electrons. The minimum atomic E-state index is -0.366. The summed E-state index contributed by atoms with van der Waals surface area (Å²) in [6.07, 6.45) is 1.89. The first-order valence-electron chi connectivity index (χ1n) is 6.49. The Bertz CT molecular complexity index is 823. The molecule has 0 unspecified atom stereocenters. The van der Waals surface area contributed by atoms with Gasteiger partial charge in [-0.3, -0.25) is 4.79 Å². The summed E-state index contributed by atoms with van der Waals surface area (Å²) < 4.78 is 0. The molecule has 1 aromatic carbocycles. The lowest BCUT2D eigenvalue weighted by molar-refractivity contribution is 0.444. The van der Waals surface area contributed by atoms with Crippen molar-refractivity contribution < 1.29 is 5.11 Å². The van der Waals surface area contributed by atoms with Crippen LogP contribution in [0.4, 0.5) is 0 Å². The number of H-pyrrole nitrogens is 1. The third-order valence-electron chi connectivity index (χ3n) is 3.07. The highest BCUT2D eigenvalue weighted by atomic mass is 16.3. The maximum atomic E-state index is 11.8. The van der Waals surface area contributed by atoms with E-state index in [2.05, 4.69) is 20.2 Å². The first-order chi connectivity index (χ1) is 10.2. The number of aromatic nitrogens is 5. The van der Waals surface area contributed by atoms with Crippen LogP contribution in [0.2, 0.25) is 0 Å². The van der Waals surface area contributed by atoms with E-state index in [0.717, 1.165) is 5.69 Å². The first-order valence-corrected chi connectivity index (χ1v) is 6.49. The van der Waals surface area contributed by atoms with Crippen LogP contribution in [0.3, 0.4) is 0 Å². The molecule has 2 heterocycles. The van der Waals surface area contributed by atoms with Gasteiger partial charge >= 0.3 is 0 Å². The van der Waals surface area contributed by atoms with Crippen molar-refractivity contribution in [3.63, 3.8) is 0 Å². The Hall–Kier alpha value is -2.96. The van der Waals surface area contributed by atoms with Gasteiger partial charge in [-0.25, -0.2) is 0 Å². The molecule has 7 nitrogen and oxygen atoms in total. The highest BCUT2D eigenvalue weighted by molar-refractivity contribution is 5.48. The van der Waals surface area contributed by atoms with Crippen molar-refractivity contribution in [2.45, 2.75) is 13.3 Å². The van der Waals surface area contributed by atoms with Crippen LogP contribution < -0.4 is 5.56 Å². The number of aromatic amines is 1. The third-order valence-corrected chi connectivity index (χ3v) is 3.07. The predicted molar refractivity (Wildman–Crippen MR) is 76.3 cm³/mol. The quantitative estimate of drug-likeness (QED) is 0.755. The van der Waals surface area contributed by atoms with Gasteiger partial charge in [-0.1, -0.05) is 25.1 Å². The van der Waals surface area contributed by atoms with Crippen LogP contribution >= 0.6 is 0 Å². The Morgan fingerprint density at radius 3 is 2.71 bits per heavy atom. The minimum Gasteiger partial charge on any atom is -0.493 e. The first kappa shape index (κ1) is 13.0. The molecule has 0 fully saturated rings. The van der Waals surface area contributed by atoms with Crippen molar-refractivity contribution in [2.24, 2.45) is 0 Å². The summed E-state index contributed by atoms with van der Waals surface area (Å²) in [5, 5.41) is 18.1. The van der Waals surface area contributed by atoms with E-state index in [-0.39, 0.29) is 22.8 Å². The zero-order valence-corrected chi connectivity index (χ0v) is 11.3. The van der Waals surface area contributed by atoms with E-state index >= 15 is 0 Å². The van der Waals surface area contributed by atoms with Crippen LogP contribution in [0.15, 0.2) is 41.3 Å². The molecule has 0 radical (unpaired) electrons. The standard InChI is InChI=1S/C14H13N5O2/c1-2-10-13(20)16-12(17-14(10)21)11-8-15-19(18-11)9-6-4-3-5-7-9/h3-8H,2H2,1H3,(H2,16,17,20,21). The summed E-state index contributed by atoms with van der Waals surface area (Å²) in [5.74, 6) is -0.0811. The van der Waals surface area contributed by atoms with Crippen LogP contribution in [0.5, 0.6) is 5.88 Å². The van der Waals surface area contributed by atoms with Crippen molar-refractivity contribution in [1.29, 1.82) is 0 Å². The van der Waals surface area contributed by atoms with Gasteiger partial charge in [0.05, 0.1) is 17.4 Å². The minimum absolute atomic E-state index is 0.192. The van der Waals surface area contributed by atoms with Crippen molar-refractivity contribution in [1.82, 2.24) is 25.0 Å². The van der Waals surface area contributed by atoms with E-state index in [1.165, 1.54) is 11.0 Å². The molecule has 0 saturated heterocycles. The molecule has 0 aliphatic carbocycles. The molecular weight excluding hydrogens is 270 g/mol. The molecular formula is C14H13N5O2. The fraction of sp³-hybridized carbons (Fsp3) is 0.143. The molecule has 2 N–H and O–H groups in total. The maximum Gasteiger partial charge on any atom is 0.258 e. The molecule has 0 atom stereocenters. The fourth-order valence-electron chi connectivity index (χ4n) is 1.98. The van der Waals surface area contributed by atoms with Crippen LogP contribution in [0, 0.1) is 0 Å². The number of nitrogens with one attached hydrogen (secondary N) is 1. The van der Waals surface area contributed by atoms with Crippen LogP contribution in [0.1, 0.15) is 12.5 Å². The Labute approximate surface area is 119 Å². The van der Waals surface area contributed by atoms with Gasteiger partial charge in [-0.05, 0) is 18.6 Å². The lowest BCUT2D eigenvalue weighted by atomic mass is 10.2. The van der Waals surface area contributed by atoms with E-state index in [1.54, 1.807) is 6.92 Å². The van der Waals surface area contributed by atoms with Gasteiger partial charge in [-0.2, -0.15) is 14.9 Å². The van der Waals surface area contributed by atoms with Crippen molar-refractivity contribution in [2.75, 3.05) is 0 Å². The van der Waals surface area contributed by atoms with Gasteiger partial charge in [0.2, 0.25) is 5.88 Å². The van der Waals surface area contributed by atoms with Crippen LogP contribution in [-0.2, 0) is 6.42 Å². The summed E-state index contributed by atoms with van der Waals surface area (Å²) in [4.78, 5) is 19.8. The zero-order valence-electron chi connectivity index (χ0n) is 11.3. The van der Waals surface area contributed by atoms with Crippen LogP contribution in [0.25, 0.3) is 17.2 Å². The topological polar surface area (TPSA) is 96.7 Å². The van der Waals surface area contributed by atoms with Gasteiger partial charge in [-0.15, -0.1) is 5.10 Å². The summed E-state index contributed by atoms with van der Waals surface area (Å²) in [5.41, 5.74) is 1.07. The monoisotopic (exact) mass is 283 g/mol. The Balaban J connectivity index is 2.03. The van der Waals surface area contributed by atoms with E-state index < -0.39 is 0 Å². The summed E-state index contributed by atoms with van der Waals surface area (Å²) in [7, 11) is 0. The molecule has 0 bridgehead atoms. The predicted octanol–water partition coefficient (Wildman–Crippen LogP) is 1.29. The number of para-hydroxylation sites is 1. The van der Waals surface area contributed by atoms with Gasteiger partial charge in [0, 0.05) is 0 Å². The number of hydrogen-bond acceptors (Lipinski definition) is 5. The Morgan fingerprint density at radius 2 is 2.05 bits per heavy atom. The molecule has 0 amide bonds. The molecule has 0 aliphatic heterocycles. The summed E-state index contributed by atoms with van der Waals surface area (Å²) in [6.45, 7) is 1.78. The SMILES string of the molecule is CCc1c(O)nc(-c2cnn(-c3ccccc3)n2)[nH]c1=O. The van der Waals surface area contributed by atoms with Crippen molar-refractivity contribution >= 4 is 0 Å². The normalized spacial score (nSPS) is 10.7. The molecule has 7 heteroatoms. The lowest BCUT2D eigenvalue weighted by Gasteiger charge is -2.01. The van der Waals surface area contributed by atoms with E-state index in [9.17, 15) is 9.90 Å². The highest BCUT2D eigenvalue weighted by Crippen LogP contribution is 2.16. The van der Waals surface area contributed by atoms with Crippen LogP contribution in [-0.4, -0.2) is 30.1 Å². The van der Waals surface area contributed by atoms with Crippen molar-refractivity contribution in [3.05, 3.63) is 52.4 Å². The van der Waals surface area contributed by atoms with Crippen molar-refractivity contribution in [3.8, 4) is 23.1 Å². The number of benzene rings is 1. The van der Waals surface area contributed by atoms with Gasteiger partial charge in [0.15, 0.2) is 5.82 Å². The maximum absolute atomic E-state index is 11.8. The number of nitrogens with zero attached hydrogens (tertiary/aromatic N) is 4. The summed E-state index contributed by atoms with van der Waals surface area (Å²) in [6, 6.07) is 9.37. The Kier molecular flexibility index (Phi) is 3.23. The largest absolute Gasteiger partial charge is 0.493 e. The molecule has 3 aromatic rings. The smallest absolute Gasteiger partial charge is 0.258 e. The molecule has 2 aromatic heterocycles. The Morgan fingerprint density at radius 1 is 1.29 bits per heavy atom. The third kappa shape index (κ3) is 2.40. The molecule has 3 rings (SSSR count). The molecule has 21 heavy (non-hydrogen) atoms. The van der Waals surface area contributed by atoms with E-state index in [4.69, 9.17) is 0 Å². The number of rotatable bonds is 3. The second kappa shape index (κ2) is 5.20. The average molecular weight is 283 g/mol. The van der Waals surface area contributed by atoms with E-state index in [1.807, 2.05) is 30.3 Å². The summed E-state index contributed by atoms with van der Waals surface area (Å²) >= 11 is 0. The lowest BCUT2D eigenvalue weighted by Crippen LogP contribution is -2.14. The number of aromatic hydroxyl groups is 1. The fourth-order valence-corrected chi connectivity index (χ4v) is 1.98.